The molecule has 0 radical (unpaired) electrons. The highest BCUT2D eigenvalue weighted by Crippen LogP contribution is 2.16. The zero-order chi connectivity index (χ0) is 16.8. The normalized spacial score (nSPS) is 18.5. The van der Waals surface area contributed by atoms with Gasteiger partial charge in [0, 0.05) is 39.9 Å². The van der Waals surface area contributed by atoms with Gasteiger partial charge in [0.25, 0.3) is 0 Å². The molecule has 7 heteroatoms. The van der Waals surface area contributed by atoms with Crippen molar-refractivity contribution >= 4 is 29.9 Å². The van der Waals surface area contributed by atoms with Crippen molar-refractivity contribution in [3.8, 4) is 0 Å². The minimum atomic E-state index is 0. The summed E-state index contributed by atoms with van der Waals surface area (Å²) in [5, 5.41) is 6.70. The summed E-state index contributed by atoms with van der Waals surface area (Å²) in [5.41, 5.74) is 0. The number of nitrogens with one attached hydrogen (secondary N) is 2. The summed E-state index contributed by atoms with van der Waals surface area (Å²) in [7, 11) is 1.69. The van der Waals surface area contributed by atoms with E-state index in [9.17, 15) is 0 Å². The number of halogens is 1. The van der Waals surface area contributed by atoms with Crippen LogP contribution in [0.5, 0.6) is 0 Å². The number of rotatable bonds is 12. The molecule has 1 atom stereocenters. The number of nitrogens with zero attached hydrogens (tertiary/aromatic N) is 2. The summed E-state index contributed by atoms with van der Waals surface area (Å²) in [6.07, 6.45) is 3.49. The van der Waals surface area contributed by atoms with Gasteiger partial charge in [0.15, 0.2) is 5.96 Å². The molecule has 1 unspecified atom stereocenters. The van der Waals surface area contributed by atoms with E-state index in [-0.39, 0.29) is 24.0 Å². The van der Waals surface area contributed by atoms with Crippen LogP contribution in [0.1, 0.15) is 33.1 Å². The average Bonchev–Trinajstić information content (AvgIpc) is 2.99. The van der Waals surface area contributed by atoms with Gasteiger partial charge in [0.1, 0.15) is 0 Å². The van der Waals surface area contributed by atoms with Crippen LogP contribution in [-0.4, -0.2) is 77.1 Å². The molecule has 0 aromatic rings. The fourth-order valence-corrected chi connectivity index (χ4v) is 2.77. The van der Waals surface area contributed by atoms with Crippen molar-refractivity contribution in [3.05, 3.63) is 0 Å². The van der Waals surface area contributed by atoms with E-state index in [0.717, 1.165) is 38.6 Å². The van der Waals surface area contributed by atoms with Crippen LogP contribution in [0.25, 0.3) is 0 Å². The van der Waals surface area contributed by atoms with Gasteiger partial charge in [-0.25, -0.2) is 0 Å². The van der Waals surface area contributed by atoms with Crippen molar-refractivity contribution in [1.82, 2.24) is 15.5 Å². The highest BCUT2D eigenvalue weighted by Gasteiger charge is 2.21. The molecule has 2 N–H and O–H groups in total. The van der Waals surface area contributed by atoms with Gasteiger partial charge in [-0.2, -0.15) is 0 Å². The quantitative estimate of drug-likeness (QED) is 0.204. The summed E-state index contributed by atoms with van der Waals surface area (Å²) in [6, 6.07) is 0. The van der Waals surface area contributed by atoms with Crippen LogP contribution < -0.4 is 10.6 Å². The van der Waals surface area contributed by atoms with Crippen molar-refractivity contribution in [2.45, 2.75) is 33.1 Å². The van der Waals surface area contributed by atoms with E-state index in [1.165, 1.54) is 32.5 Å². The van der Waals surface area contributed by atoms with Crippen molar-refractivity contribution in [3.63, 3.8) is 0 Å². The molecule has 1 aliphatic heterocycles. The number of aliphatic imine (C=N–C) groups is 1. The van der Waals surface area contributed by atoms with E-state index in [1.807, 2.05) is 0 Å². The third-order valence-corrected chi connectivity index (χ3v) is 3.95. The van der Waals surface area contributed by atoms with Gasteiger partial charge in [0.05, 0.1) is 13.2 Å². The Bertz CT molecular complexity index is 319. The minimum absolute atomic E-state index is 0. The topological polar surface area (TPSA) is 58.1 Å². The van der Waals surface area contributed by atoms with Gasteiger partial charge in [-0.05, 0) is 45.2 Å². The lowest BCUT2D eigenvalue weighted by Crippen LogP contribution is -2.38. The maximum absolute atomic E-state index is 5.46. The summed E-state index contributed by atoms with van der Waals surface area (Å²) in [6.45, 7) is 12.8. The Morgan fingerprint density at radius 1 is 1.21 bits per heavy atom. The van der Waals surface area contributed by atoms with Crippen LogP contribution in [0.15, 0.2) is 4.99 Å². The van der Waals surface area contributed by atoms with E-state index < -0.39 is 0 Å². The highest BCUT2D eigenvalue weighted by atomic mass is 127. The number of methoxy groups -OCH3 is 1. The second-order valence-electron chi connectivity index (χ2n) is 6.06. The summed E-state index contributed by atoms with van der Waals surface area (Å²) >= 11 is 0. The van der Waals surface area contributed by atoms with E-state index >= 15 is 0 Å². The minimum Gasteiger partial charge on any atom is -0.382 e. The second-order valence-corrected chi connectivity index (χ2v) is 6.06. The fraction of sp³-hybridized carbons (Fsp3) is 0.941. The Labute approximate surface area is 165 Å². The number of ether oxygens (including phenoxy) is 2. The molecule has 1 saturated heterocycles. The van der Waals surface area contributed by atoms with Gasteiger partial charge < -0.3 is 25.0 Å². The first-order valence-corrected chi connectivity index (χ1v) is 9.11. The van der Waals surface area contributed by atoms with Crippen LogP contribution in [0, 0.1) is 5.92 Å². The van der Waals surface area contributed by atoms with Crippen molar-refractivity contribution in [2.24, 2.45) is 10.9 Å². The van der Waals surface area contributed by atoms with Gasteiger partial charge >= 0.3 is 0 Å². The number of guanidine groups is 1. The Kier molecular flexibility index (Phi) is 16.3. The maximum atomic E-state index is 5.46. The molecule has 1 aliphatic rings. The lowest BCUT2D eigenvalue weighted by molar-refractivity contribution is 0.0698. The molecule has 0 spiro atoms. The Morgan fingerprint density at radius 2 is 2.04 bits per heavy atom. The summed E-state index contributed by atoms with van der Waals surface area (Å²) in [5.74, 6) is 1.63. The molecule has 1 fully saturated rings. The number of hydrogen-bond acceptors (Lipinski definition) is 4. The fourth-order valence-electron chi connectivity index (χ4n) is 2.77. The smallest absolute Gasteiger partial charge is 0.191 e. The number of hydrogen-bond donors (Lipinski definition) is 2. The molecular weight excluding hydrogens is 419 g/mol. The SMILES string of the molecule is CCCN1CCC(CN=C(NCC)NCCCOCCOC)C1.I. The van der Waals surface area contributed by atoms with E-state index in [2.05, 4.69) is 29.4 Å². The molecule has 0 bridgehead atoms. The zero-order valence-electron chi connectivity index (χ0n) is 15.7. The molecule has 0 saturated carbocycles. The first-order chi connectivity index (χ1) is 11.3. The molecule has 0 aliphatic carbocycles. The Hall–Kier alpha value is -0.120. The highest BCUT2D eigenvalue weighted by molar-refractivity contribution is 14.0. The average molecular weight is 456 g/mol. The predicted molar refractivity (Wildman–Crippen MR) is 112 cm³/mol. The lowest BCUT2D eigenvalue weighted by Gasteiger charge is -2.15. The van der Waals surface area contributed by atoms with Crippen LogP contribution in [-0.2, 0) is 9.47 Å². The molecule has 144 valence electrons. The van der Waals surface area contributed by atoms with Crippen LogP contribution in [0.3, 0.4) is 0 Å². The summed E-state index contributed by atoms with van der Waals surface area (Å²) in [4.78, 5) is 7.30. The Balaban J connectivity index is 0.00000529. The van der Waals surface area contributed by atoms with Gasteiger partial charge in [0.2, 0.25) is 0 Å². The van der Waals surface area contributed by atoms with Gasteiger partial charge in [-0.15, -0.1) is 24.0 Å². The van der Waals surface area contributed by atoms with Crippen molar-refractivity contribution in [2.75, 3.05) is 66.2 Å². The molecule has 6 nitrogen and oxygen atoms in total. The molecule has 0 aromatic heterocycles. The van der Waals surface area contributed by atoms with E-state index in [1.54, 1.807) is 7.11 Å². The predicted octanol–water partition coefficient (Wildman–Crippen LogP) is 1.94. The summed E-state index contributed by atoms with van der Waals surface area (Å²) < 4.78 is 10.4. The largest absolute Gasteiger partial charge is 0.382 e. The third kappa shape index (κ3) is 11.4. The van der Waals surface area contributed by atoms with Crippen molar-refractivity contribution in [1.29, 1.82) is 0 Å². The van der Waals surface area contributed by atoms with Crippen LogP contribution >= 0.6 is 24.0 Å². The monoisotopic (exact) mass is 456 g/mol. The molecule has 1 rings (SSSR count). The molecule has 0 amide bonds. The van der Waals surface area contributed by atoms with Gasteiger partial charge in [-0.1, -0.05) is 6.92 Å². The zero-order valence-corrected chi connectivity index (χ0v) is 18.0. The maximum Gasteiger partial charge on any atom is 0.191 e. The molecule has 1 heterocycles. The molecule has 24 heavy (non-hydrogen) atoms. The van der Waals surface area contributed by atoms with E-state index in [4.69, 9.17) is 14.5 Å². The molecule has 0 aromatic carbocycles. The number of likely N-dealkylation sites (tertiary alicyclic amines) is 1. The lowest BCUT2D eigenvalue weighted by atomic mass is 10.1. The second kappa shape index (κ2) is 16.4. The van der Waals surface area contributed by atoms with Crippen molar-refractivity contribution < 1.29 is 9.47 Å². The standard InChI is InChI=1S/C17H36N4O2.HI/c1-4-9-21-10-7-16(15-21)14-20-17(18-5-2)19-8-6-11-23-13-12-22-3;/h16H,4-15H2,1-3H3,(H2,18,19,20);1H. The van der Waals surface area contributed by atoms with Crippen LogP contribution in [0.2, 0.25) is 0 Å². The third-order valence-electron chi connectivity index (χ3n) is 3.95. The van der Waals surface area contributed by atoms with E-state index in [0.29, 0.717) is 19.1 Å². The van der Waals surface area contributed by atoms with Crippen LogP contribution in [0.4, 0.5) is 0 Å². The molecular formula is C17H37IN4O2. The first kappa shape index (κ1) is 23.9. The Morgan fingerprint density at radius 3 is 2.75 bits per heavy atom. The first-order valence-electron chi connectivity index (χ1n) is 9.11. The van der Waals surface area contributed by atoms with Gasteiger partial charge in [-0.3, -0.25) is 4.99 Å².